The van der Waals surface area contributed by atoms with Crippen molar-refractivity contribution in [2.45, 2.75) is 66.4 Å². The number of aromatic nitrogens is 5. The number of pyridine rings is 1. The van der Waals surface area contributed by atoms with Crippen LogP contribution in [0.2, 0.25) is 0 Å². The number of nitrogens with one attached hydrogen (secondary N) is 1. The molecule has 4 rings (SSSR count). The lowest BCUT2D eigenvalue weighted by Gasteiger charge is -2.22. The average Bonchev–Trinajstić information content (AvgIpc) is 3.59. The van der Waals surface area contributed by atoms with Gasteiger partial charge in [-0.3, -0.25) is 37.5 Å². The van der Waals surface area contributed by atoms with Gasteiger partial charge in [-0.2, -0.15) is 0 Å². The number of hydrogen-bond acceptors (Lipinski definition) is 15. The molecular weight excluding hydrogens is 639 g/mol. The Morgan fingerprint density at radius 1 is 1.00 bits per heavy atom. The van der Waals surface area contributed by atoms with Crippen LogP contribution in [0.25, 0.3) is 11.2 Å². The van der Waals surface area contributed by atoms with Gasteiger partial charge in [-0.05, 0) is 53.7 Å². The molecule has 0 bridgehead atoms. The first-order valence-corrected chi connectivity index (χ1v) is 16.3. The van der Waals surface area contributed by atoms with Crippen LogP contribution >= 0.6 is 7.60 Å². The summed E-state index contributed by atoms with van der Waals surface area (Å²) in [5.74, 6) is -1.44. The minimum atomic E-state index is -4.11. The minimum absolute atomic E-state index is 0.136. The van der Waals surface area contributed by atoms with E-state index in [0.717, 1.165) is 0 Å². The fourth-order valence-electron chi connectivity index (χ4n) is 4.06. The number of ether oxygens (including phenoxy) is 4. The second kappa shape index (κ2) is 14.9. The van der Waals surface area contributed by atoms with E-state index in [2.05, 4.69) is 25.3 Å². The fraction of sp³-hybridized carbons (Fsp3) is 0.552. The Bertz CT molecular complexity index is 1570. The van der Waals surface area contributed by atoms with Gasteiger partial charge in [-0.25, -0.2) is 15.0 Å². The number of fused-ring (bicyclic) bond motifs is 1. The monoisotopic (exact) mass is 678 g/mol. The number of carbonyl (C=O) groups is 3. The van der Waals surface area contributed by atoms with Crippen LogP contribution in [0.5, 0.6) is 0 Å². The number of aliphatic hydroxyl groups excluding tert-OH is 1. The number of carbonyl (C=O) groups excluding carboxylic acids is 3. The Morgan fingerprint density at radius 3 is 2.21 bits per heavy atom. The van der Waals surface area contributed by atoms with Gasteiger partial charge in [0, 0.05) is 24.4 Å². The summed E-state index contributed by atoms with van der Waals surface area (Å²) in [5.41, 5.74) is -0.698. The van der Waals surface area contributed by atoms with Gasteiger partial charge in [0.1, 0.15) is 18.8 Å². The molecule has 1 aliphatic heterocycles. The maximum absolute atomic E-state index is 13.4. The van der Waals surface area contributed by atoms with Crippen molar-refractivity contribution >= 4 is 42.4 Å². The predicted octanol–water partition coefficient (Wildman–Crippen LogP) is 3.42. The van der Waals surface area contributed by atoms with Crippen LogP contribution in [-0.4, -0.2) is 86.2 Å². The highest BCUT2D eigenvalue weighted by Gasteiger charge is 2.38. The molecule has 4 heterocycles. The number of aliphatic hydroxyl groups is 1. The third kappa shape index (κ3) is 9.59. The second-order valence-corrected chi connectivity index (χ2v) is 14.7. The van der Waals surface area contributed by atoms with Gasteiger partial charge in [0.15, 0.2) is 23.2 Å². The van der Waals surface area contributed by atoms with E-state index in [-0.39, 0.29) is 24.4 Å². The third-order valence-electron chi connectivity index (χ3n) is 6.63. The summed E-state index contributed by atoms with van der Waals surface area (Å²) in [5, 5.41) is 13.5. The molecule has 256 valence electrons. The lowest BCUT2D eigenvalue weighted by molar-refractivity contribution is -0.162. The molecule has 3 aromatic rings. The highest BCUT2D eigenvalue weighted by atomic mass is 31.2. The molecule has 17 nitrogen and oxygen atoms in total. The van der Waals surface area contributed by atoms with Gasteiger partial charge in [-0.15, -0.1) is 0 Å². The summed E-state index contributed by atoms with van der Waals surface area (Å²) in [4.78, 5) is 53.5. The van der Waals surface area contributed by atoms with Crippen molar-refractivity contribution in [2.75, 3.05) is 31.9 Å². The summed E-state index contributed by atoms with van der Waals surface area (Å²) < 4.78 is 47.2. The number of imidazole rings is 1. The Balaban J connectivity index is 1.37. The van der Waals surface area contributed by atoms with E-state index in [0.29, 0.717) is 11.2 Å². The van der Waals surface area contributed by atoms with Crippen molar-refractivity contribution < 1.29 is 52.1 Å². The van der Waals surface area contributed by atoms with Crippen LogP contribution in [0.3, 0.4) is 0 Å². The van der Waals surface area contributed by atoms with Crippen molar-refractivity contribution in [3.63, 3.8) is 0 Å². The van der Waals surface area contributed by atoms with Crippen LogP contribution < -0.4 is 5.32 Å². The number of nitrogens with zero attached hydrogens (tertiary/aromatic N) is 5. The highest BCUT2D eigenvalue weighted by molar-refractivity contribution is 7.53. The molecule has 18 heteroatoms. The van der Waals surface area contributed by atoms with Crippen molar-refractivity contribution in [3.8, 4) is 0 Å². The first kappa shape index (κ1) is 36.0. The summed E-state index contributed by atoms with van der Waals surface area (Å²) in [6.45, 7) is 8.34. The van der Waals surface area contributed by atoms with E-state index in [4.69, 9.17) is 28.0 Å². The first-order chi connectivity index (χ1) is 22.1. The molecular formula is C29H39N6O11P. The normalized spacial score (nSPS) is 18.7. The highest BCUT2D eigenvalue weighted by Crippen LogP contribution is 2.48. The smallest absolute Gasteiger partial charge is 0.361 e. The second-order valence-electron chi connectivity index (χ2n) is 12.7. The van der Waals surface area contributed by atoms with Crippen LogP contribution in [0.1, 0.15) is 64.5 Å². The first-order valence-electron chi connectivity index (χ1n) is 14.6. The van der Waals surface area contributed by atoms with Crippen molar-refractivity contribution in [2.24, 2.45) is 10.8 Å². The Labute approximate surface area is 270 Å². The molecule has 3 atom stereocenters. The molecule has 1 fully saturated rings. The number of hydrogen-bond donors (Lipinski definition) is 2. The van der Waals surface area contributed by atoms with Gasteiger partial charge < -0.3 is 29.4 Å². The SMILES string of the molecule is CC(C)(C)C(=O)OCOP(=O)(COC[C@@H]1CC(O)[C@H](n2cnc3c(NC(=O)c4ccncc4)ncnc32)O1)OCOC(=O)C(C)(C)C. The molecule has 0 aliphatic carbocycles. The number of esters is 2. The summed E-state index contributed by atoms with van der Waals surface area (Å²) in [6.07, 6.45) is 2.60. The molecule has 0 aromatic carbocycles. The molecule has 2 N–H and O–H groups in total. The van der Waals surface area contributed by atoms with Crippen molar-refractivity contribution in [1.82, 2.24) is 24.5 Å². The lowest BCUT2D eigenvalue weighted by atomic mass is 9.98. The Kier molecular flexibility index (Phi) is 11.4. The van der Waals surface area contributed by atoms with Crippen LogP contribution in [0.4, 0.5) is 5.82 Å². The van der Waals surface area contributed by atoms with Crippen molar-refractivity contribution in [1.29, 1.82) is 0 Å². The van der Waals surface area contributed by atoms with Crippen LogP contribution in [0.15, 0.2) is 37.2 Å². The van der Waals surface area contributed by atoms with Gasteiger partial charge in [0.2, 0.25) is 13.6 Å². The van der Waals surface area contributed by atoms with Crippen LogP contribution in [0, 0.1) is 10.8 Å². The largest absolute Gasteiger partial charge is 0.438 e. The van der Waals surface area contributed by atoms with E-state index >= 15 is 0 Å². The molecule has 3 aromatic heterocycles. The predicted molar refractivity (Wildman–Crippen MR) is 163 cm³/mol. The van der Waals surface area contributed by atoms with Crippen molar-refractivity contribution in [3.05, 3.63) is 42.7 Å². The minimum Gasteiger partial charge on any atom is -0.438 e. The zero-order valence-corrected chi connectivity index (χ0v) is 27.8. The van der Waals surface area contributed by atoms with E-state index in [1.54, 1.807) is 53.7 Å². The molecule has 0 spiro atoms. The molecule has 1 amide bonds. The van der Waals surface area contributed by atoms with E-state index < -0.39 is 74.6 Å². The third-order valence-corrected chi connectivity index (χ3v) is 8.13. The topological polar surface area (TPSA) is 212 Å². The van der Waals surface area contributed by atoms with Gasteiger partial charge in [0.05, 0.1) is 29.9 Å². The maximum Gasteiger partial charge on any atom is 0.361 e. The Hall–Kier alpha value is -3.86. The molecule has 1 saturated heterocycles. The zero-order valence-electron chi connectivity index (χ0n) is 26.9. The van der Waals surface area contributed by atoms with Crippen LogP contribution in [-0.2, 0) is 42.1 Å². The van der Waals surface area contributed by atoms with E-state index in [1.807, 2.05) is 0 Å². The standard InChI is InChI=1S/C29H39N6O11P/c1-28(2,3)26(38)42-15-44-47(40,45-16-43-27(39)29(4,5)6)17-41-12-19-11-20(36)25(46-19)35-14-33-21-22(31-13-32-23(21)35)34-24(37)18-7-9-30-10-8-18/h7-10,13-14,19-20,25,36H,11-12,15-17H2,1-6H3,(H,31,32,34,37)/t19-,20?,25+/m0/s1. The fourth-order valence-corrected chi connectivity index (χ4v) is 5.04. The molecule has 0 saturated carbocycles. The lowest BCUT2D eigenvalue weighted by Crippen LogP contribution is -2.25. The van der Waals surface area contributed by atoms with Gasteiger partial charge in [-0.1, -0.05) is 0 Å². The molecule has 1 unspecified atom stereocenters. The van der Waals surface area contributed by atoms with E-state index in [1.165, 1.54) is 29.6 Å². The molecule has 0 radical (unpaired) electrons. The quantitative estimate of drug-likeness (QED) is 0.151. The number of rotatable bonds is 13. The summed E-state index contributed by atoms with van der Waals surface area (Å²) >= 11 is 0. The zero-order chi connectivity index (χ0) is 34.4. The molecule has 1 aliphatic rings. The summed E-state index contributed by atoms with van der Waals surface area (Å²) in [7, 11) is -4.11. The van der Waals surface area contributed by atoms with Gasteiger partial charge in [0.25, 0.3) is 5.91 Å². The number of anilines is 1. The summed E-state index contributed by atoms with van der Waals surface area (Å²) in [6, 6.07) is 3.11. The molecule has 47 heavy (non-hydrogen) atoms. The number of amides is 1. The average molecular weight is 679 g/mol. The van der Waals surface area contributed by atoms with Gasteiger partial charge >= 0.3 is 19.5 Å². The maximum atomic E-state index is 13.4. The Morgan fingerprint density at radius 2 is 1.62 bits per heavy atom. The van der Waals surface area contributed by atoms with E-state index in [9.17, 15) is 24.1 Å².